The number of benzene rings is 2. The standard InChI is InChI=1S/C20H20O/c1-17(18-9-4-2-5-10-18)14-15-20(13-8-16-21)19-11-6-3-7-12-19/h2-14,16,20H,15H2,1H3/b13-8+,17-14+. The third-order valence-electron chi connectivity index (χ3n) is 3.56. The predicted octanol–water partition coefficient (Wildman–Crippen LogP) is 5.02. The van der Waals surface area contributed by atoms with Crippen molar-refractivity contribution < 1.29 is 4.79 Å². The molecule has 1 atom stereocenters. The van der Waals surface area contributed by atoms with Gasteiger partial charge in [-0.05, 0) is 36.1 Å². The molecule has 0 aliphatic rings. The largest absolute Gasteiger partial charge is 0.299 e. The quantitative estimate of drug-likeness (QED) is 0.535. The molecule has 21 heavy (non-hydrogen) atoms. The minimum Gasteiger partial charge on any atom is -0.299 e. The molecule has 1 unspecified atom stereocenters. The van der Waals surface area contributed by atoms with Gasteiger partial charge in [-0.15, -0.1) is 0 Å². The molecule has 0 N–H and O–H groups in total. The van der Waals surface area contributed by atoms with Crippen molar-refractivity contribution in [3.8, 4) is 0 Å². The van der Waals surface area contributed by atoms with Gasteiger partial charge in [0.05, 0.1) is 0 Å². The van der Waals surface area contributed by atoms with Crippen LogP contribution in [0.3, 0.4) is 0 Å². The van der Waals surface area contributed by atoms with Crippen LogP contribution in [0.4, 0.5) is 0 Å². The van der Waals surface area contributed by atoms with Crippen molar-refractivity contribution in [3.63, 3.8) is 0 Å². The summed E-state index contributed by atoms with van der Waals surface area (Å²) in [6.07, 6.45) is 7.52. The van der Waals surface area contributed by atoms with Crippen molar-refractivity contribution in [1.82, 2.24) is 0 Å². The van der Waals surface area contributed by atoms with E-state index in [0.29, 0.717) is 0 Å². The molecule has 2 aromatic carbocycles. The highest BCUT2D eigenvalue weighted by atomic mass is 16.1. The van der Waals surface area contributed by atoms with Crippen molar-refractivity contribution >= 4 is 11.9 Å². The third-order valence-corrected chi connectivity index (χ3v) is 3.56. The predicted molar refractivity (Wildman–Crippen MR) is 89.1 cm³/mol. The molecule has 0 aliphatic heterocycles. The molecule has 0 aromatic heterocycles. The molecule has 0 radical (unpaired) electrons. The number of aldehydes is 1. The first-order valence-corrected chi connectivity index (χ1v) is 7.20. The highest BCUT2D eigenvalue weighted by Gasteiger charge is 2.06. The van der Waals surface area contributed by atoms with Crippen LogP contribution in [0.15, 0.2) is 78.9 Å². The molecule has 0 fully saturated rings. The molecule has 1 nitrogen and oxygen atoms in total. The molecule has 0 aliphatic carbocycles. The number of carbonyl (C=O) groups is 1. The molecule has 0 spiro atoms. The van der Waals surface area contributed by atoms with Gasteiger partial charge in [0.15, 0.2) is 0 Å². The summed E-state index contributed by atoms with van der Waals surface area (Å²) in [5, 5.41) is 0. The lowest BCUT2D eigenvalue weighted by molar-refractivity contribution is -0.104. The Morgan fingerprint density at radius 2 is 1.62 bits per heavy atom. The fraction of sp³-hybridized carbons (Fsp3) is 0.150. The summed E-state index contributed by atoms with van der Waals surface area (Å²) in [5.74, 6) is 0.232. The van der Waals surface area contributed by atoms with E-state index < -0.39 is 0 Å². The Morgan fingerprint density at radius 3 is 2.24 bits per heavy atom. The molecule has 0 amide bonds. The second kappa shape index (κ2) is 8.01. The molecule has 0 saturated heterocycles. The zero-order chi connectivity index (χ0) is 14.9. The summed E-state index contributed by atoms with van der Waals surface area (Å²) in [7, 11) is 0. The monoisotopic (exact) mass is 276 g/mol. The first kappa shape index (κ1) is 15.0. The number of allylic oxidation sites excluding steroid dienone is 4. The maximum atomic E-state index is 10.6. The second-order valence-electron chi connectivity index (χ2n) is 5.03. The van der Waals surface area contributed by atoms with Gasteiger partial charge in [0, 0.05) is 5.92 Å². The minimum absolute atomic E-state index is 0.232. The molecule has 106 valence electrons. The molecule has 0 saturated carbocycles. The van der Waals surface area contributed by atoms with Crippen molar-refractivity contribution in [2.75, 3.05) is 0 Å². The summed E-state index contributed by atoms with van der Waals surface area (Å²) in [5.41, 5.74) is 3.73. The normalized spacial score (nSPS) is 13.3. The minimum atomic E-state index is 0.232. The van der Waals surface area contributed by atoms with Crippen LogP contribution in [0, 0.1) is 0 Å². The van der Waals surface area contributed by atoms with Gasteiger partial charge in [0.1, 0.15) is 6.29 Å². The van der Waals surface area contributed by atoms with E-state index in [1.807, 2.05) is 42.5 Å². The summed E-state index contributed by atoms with van der Waals surface area (Å²) in [4.78, 5) is 10.6. The van der Waals surface area contributed by atoms with Crippen molar-refractivity contribution in [3.05, 3.63) is 90.0 Å². The lowest BCUT2D eigenvalue weighted by Gasteiger charge is -2.11. The van der Waals surface area contributed by atoms with Crippen LogP contribution in [0.25, 0.3) is 5.57 Å². The van der Waals surface area contributed by atoms with Gasteiger partial charge in [0.2, 0.25) is 0 Å². The van der Waals surface area contributed by atoms with E-state index in [4.69, 9.17) is 0 Å². The first-order valence-electron chi connectivity index (χ1n) is 7.20. The second-order valence-corrected chi connectivity index (χ2v) is 5.03. The summed E-state index contributed by atoms with van der Waals surface area (Å²) >= 11 is 0. The molecule has 0 heterocycles. The fourth-order valence-corrected chi connectivity index (χ4v) is 2.33. The maximum absolute atomic E-state index is 10.6. The highest BCUT2D eigenvalue weighted by molar-refractivity contribution is 5.65. The molecule has 0 bridgehead atoms. The lowest BCUT2D eigenvalue weighted by Crippen LogP contribution is -1.94. The average Bonchev–Trinajstić information content (AvgIpc) is 2.56. The first-order chi connectivity index (χ1) is 10.3. The van der Waals surface area contributed by atoms with Crippen LogP contribution in [-0.4, -0.2) is 6.29 Å². The van der Waals surface area contributed by atoms with Gasteiger partial charge in [-0.1, -0.05) is 72.8 Å². The molecule has 2 aromatic rings. The van der Waals surface area contributed by atoms with Crippen molar-refractivity contribution in [1.29, 1.82) is 0 Å². The topological polar surface area (TPSA) is 17.1 Å². The Kier molecular flexibility index (Phi) is 5.71. The Labute approximate surface area is 126 Å². The van der Waals surface area contributed by atoms with E-state index in [1.54, 1.807) is 6.08 Å². The Bertz CT molecular complexity index is 609. The lowest BCUT2D eigenvalue weighted by atomic mass is 9.93. The van der Waals surface area contributed by atoms with E-state index >= 15 is 0 Å². The zero-order valence-electron chi connectivity index (χ0n) is 12.3. The van der Waals surface area contributed by atoms with Gasteiger partial charge in [-0.2, -0.15) is 0 Å². The van der Waals surface area contributed by atoms with Crippen LogP contribution >= 0.6 is 0 Å². The highest BCUT2D eigenvalue weighted by Crippen LogP contribution is 2.24. The van der Waals surface area contributed by atoms with E-state index in [-0.39, 0.29) is 5.92 Å². The van der Waals surface area contributed by atoms with E-state index in [2.05, 4.69) is 37.3 Å². The van der Waals surface area contributed by atoms with Crippen LogP contribution < -0.4 is 0 Å². The van der Waals surface area contributed by atoms with E-state index in [0.717, 1.165) is 12.7 Å². The van der Waals surface area contributed by atoms with Gasteiger partial charge >= 0.3 is 0 Å². The van der Waals surface area contributed by atoms with Crippen LogP contribution in [-0.2, 0) is 4.79 Å². The number of hydrogen-bond acceptors (Lipinski definition) is 1. The van der Waals surface area contributed by atoms with Crippen molar-refractivity contribution in [2.24, 2.45) is 0 Å². The number of rotatable bonds is 6. The average molecular weight is 276 g/mol. The number of hydrogen-bond donors (Lipinski definition) is 0. The Morgan fingerprint density at radius 1 is 1.00 bits per heavy atom. The SMILES string of the molecule is C/C(=C\CC(/C=C/C=O)c1ccccc1)c1ccccc1. The smallest absolute Gasteiger partial charge is 0.142 e. The van der Waals surface area contributed by atoms with Crippen LogP contribution in [0.5, 0.6) is 0 Å². The Hall–Kier alpha value is -2.41. The van der Waals surface area contributed by atoms with Crippen LogP contribution in [0.2, 0.25) is 0 Å². The molecule has 1 heteroatoms. The molecular weight excluding hydrogens is 256 g/mol. The fourth-order valence-electron chi connectivity index (χ4n) is 2.33. The van der Waals surface area contributed by atoms with E-state index in [9.17, 15) is 4.79 Å². The third kappa shape index (κ3) is 4.57. The molecule has 2 rings (SSSR count). The number of carbonyl (C=O) groups excluding carboxylic acids is 1. The Balaban J connectivity index is 2.16. The zero-order valence-corrected chi connectivity index (χ0v) is 12.3. The summed E-state index contributed by atoms with van der Waals surface area (Å²) in [6, 6.07) is 20.6. The van der Waals surface area contributed by atoms with Gasteiger partial charge in [-0.3, -0.25) is 4.79 Å². The van der Waals surface area contributed by atoms with Gasteiger partial charge < -0.3 is 0 Å². The van der Waals surface area contributed by atoms with Crippen LogP contribution in [0.1, 0.15) is 30.4 Å². The molecular formula is C20H20O. The van der Waals surface area contributed by atoms with Crippen molar-refractivity contribution in [2.45, 2.75) is 19.3 Å². The maximum Gasteiger partial charge on any atom is 0.142 e. The van der Waals surface area contributed by atoms with Gasteiger partial charge in [-0.25, -0.2) is 0 Å². The summed E-state index contributed by atoms with van der Waals surface area (Å²) < 4.78 is 0. The van der Waals surface area contributed by atoms with E-state index in [1.165, 1.54) is 16.7 Å². The summed E-state index contributed by atoms with van der Waals surface area (Å²) in [6.45, 7) is 2.13. The van der Waals surface area contributed by atoms with Gasteiger partial charge in [0.25, 0.3) is 0 Å².